The molecule has 0 aliphatic carbocycles. The van der Waals surface area contributed by atoms with Crippen molar-refractivity contribution in [3.63, 3.8) is 0 Å². The first-order valence-corrected chi connectivity index (χ1v) is 4.08. The second-order valence-corrected chi connectivity index (χ2v) is 2.79. The third kappa shape index (κ3) is 1.69. The average Bonchev–Trinajstić information content (AvgIpc) is 2.19. The first kappa shape index (κ1) is 7.86. The maximum absolute atomic E-state index is 4.27. The molecule has 0 spiro atoms. The molecule has 0 aliphatic heterocycles. The minimum absolute atomic E-state index is 0.681. The summed E-state index contributed by atoms with van der Waals surface area (Å²) in [7, 11) is 0. The van der Waals surface area contributed by atoms with Crippen molar-refractivity contribution in [1.82, 2.24) is 15.2 Å². The van der Waals surface area contributed by atoms with E-state index in [1.54, 1.807) is 6.20 Å². The van der Waals surface area contributed by atoms with Gasteiger partial charge in [-0.05, 0) is 6.92 Å². The molecule has 0 amide bonds. The average molecular weight is 171 g/mol. The monoisotopic (exact) mass is 171 g/mol. The van der Waals surface area contributed by atoms with Gasteiger partial charge < -0.3 is 0 Å². The molecule has 1 aromatic carbocycles. The van der Waals surface area contributed by atoms with Crippen LogP contribution in [-0.4, -0.2) is 15.2 Å². The summed E-state index contributed by atoms with van der Waals surface area (Å²) in [4.78, 5) is 4.27. The van der Waals surface area contributed by atoms with Gasteiger partial charge in [-0.25, -0.2) is 4.98 Å². The van der Waals surface area contributed by atoms with Crippen molar-refractivity contribution in [2.45, 2.75) is 6.92 Å². The number of rotatable bonds is 1. The minimum atomic E-state index is 0.681. The van der Waals surface area contributed by atoms with Gasteiger partial charge in [-0.2, -0.15) is 5.10 Å². The Morgan fingerprint density at radius 3 is 2.54 bits per heavy atom. The molecule has 13 heavy (non-hydrogen) atoms. The second-order valence-electron chi connectivity index (χ2n) is 2.79. The number of hydrogen-bond acceptors (Lipinski definition) is 3. The number of benzene rings is 1. The van der Waals surface area contributed by atoms with Gasteiger partial charge in [0.05, 0.1) is 11.9 Å². The third-order valence-corrected chi connectivity index (χ3v) is 1.71. The van der Waals surface area contributed by atoms with E-state index in [0.29, 0.717) is 5.82 Å². The highest BCUT2D eigenvalue weighted by Gasteiger charge is 1.99. The molecule has 1 heterocycles. The van der Waals surface area contributed by atoms with Crippen LogP contribution in [0.15, 0.2) is 36.5 Å². The van der Waals surface area contributed by atoms with Crippen molar-refractivity contribution in [2.75, 3.05) is 0 Å². The van der Waals surface area contributed by atoms with E-state index in [9.17, 15) is 0 Å². The number of aromatic nitrogens is 3. The van der Waals surface area contributed by atoms with Gasteiger partial charge >= 0.3 is 0 Å². The molecule has 2 aromatic rings. The van der Waals surface area contributed by atoms with E-state index in [1.165, 1.54) is 0 Å². The van der Waals surface area contributed by atoms with Crippen LogP contribution in [0.1, 0.15) is 5.69 Å². The first-order chi connectivity index (χ1) is 6.36. The van der Waals surface area contributed by atoms with Gasteiger partial charge in [0.1, 0.15) is 0 Å². The Bertz CT molecular complexity index is 398. The molecule has 0 unspecified atom stereocenters. The van der Waals surface area contributed by atoms with Crippen molar-refractivity contribution in [1.29, 1.82) is 0 Å². The molecule has 0 saturated heterocycles. The summed E-state index contributed by atoms with van der Waals surface area (Å²) in [5.41, 5.74) is 1.88. The van der Waals surface area contributed by atoms with Crippen LogP contribution in [0.5, 0.6) is 0 Å². The Hall–Kier alpha value is -1.77. The van der Waals surface area contributed by atoms with Crippen LogP contribution >= 0.6 is 0 Å². The Morgan fingerprint density at radius 1 is 1.08 bits per heavy atom. The first-order valence-electron chi connectivity index (χ1n) is 4.08. The molecule has 0 N–H and O–H groups in total. The summed E-state index contributed by atoms with van der Waals surface area (Å²) in [5, 5.41) is 7.80. The Balaban J connectivity index is 2.48. The summed E-state index contributed by atoms with van der Waals surface area (Å²) in [6, 6.07) is 9.82. The van der Waals surface area contributed by atoms with Gasteiger partial charge in [0, 0.05) is 5.56 Å². The lowest BCUT2D eigenvalue weighted by atomic mass is 10.2. The molecule has 1 aromatic heterocycles. The third-order valence-electron chi connectivity index (χ3n) is 1.71. The quantitative estimate of drug-likeness (QED) is 0.657. The molecule has 0 saturated carbocycles. The fourth-order valence-corrected chi connectivity index (χ4v) is 1.09. The van der Waals surface area contributed by atoms with E-state index in [4.69, 9.17) is 0 Å². The van der Waals surface area contributed by atoms with Crippen LogP contribution < -0.4 is 0 Å². The van der Waals surface area contributed by atoms with Crippen LogP contribution in [0.4, 0.5) is 0 Å². The lowest BCUT2D eigenvalue weighted by molar-refractivity contribution is 0.950. The van der Waals surface area contributed by atoms with E-state index in [2.05, 4.69) is 15.2 Å². The zero-order valence-electron chi connectivity index (χ0n) is 7.31. The van der Waals surface area contributed by atoms with Crippen molar-refractivity contribution < 1.29 is 0 Å². The van der Waals surface area contributed by atoms with Crippen LogP contribution in [0.25, 0.3) is 11.4 Å². The maximum Gasteiger partial charge on any atom is 0.181 e. The van der Waals surface area contributed by atoms with Crippen LogP contribution in [0.3, 0.4) is 0 Å². The van der Waals surface area contributed by atoms with Gasteiger partial charge in [0.25, 0.3) is 0 Å². The molecular weight excluding hydrogens is 162 g/mol. The van der Waals surface area contributed by atoms with Crippen LogP contribution in [0, 0.1) is 6.92 Å². The summed E-state index contributed by atoms with van der Waals surface area (Å²) in [5.74, 6) is 0.681. The van der Waals surface area contributed by atoms with E-state index in [0.717, 1.165) is 11.3 Å². The fourth-order valence-electron chi connectivity index (χ4n) is 1.09. The topological polar surface area (TPSA) is 38.7 Å². The lowest BCUT2D eigenvalue weighted by Gasteiger charge is -1.97. The van der Waals surface area contributed by atoms with Gasteiger partial charge in [-0.15, -0.1) is 5.10 Å². The summed E-state index contributed by atoms with van der Waals surface area (Å²) >= 11 is 0. The Kier molecular flexibility index (Phi) is 2.00. The highest BCUT2D eigenvalue weighted by molar-refractivity contribution is 5.53. The standard InChI is InChI=1S/C10H9N3/c1-8-7-11-13-10(12-8)9-5-3-2-4-6-9/h2-7H,1H3. The Morgan fingerprint density at radius 2 is 1.85 bits per heavy atom. The summed E-state index contributed by atoms with van der Waals surface area (Å²) in [6.45, 7) is 1.90. The van der Waals surface area contributed by atoms with E-state index < -0.39 is 0 Å². The smallest absolute Gasteiger partial charge is 0.181 e. The van der Waals surface area contributed by atoms with E-state index in [1.807, 2.05) is 37.3 Å². The van der Waals surface area contributed by atoms with Gasteiger partial charge in [0.15, 0.2) is 5.82 Å². The van der Waals surface area contributed by atoms with Crippen molar-refractivity contribution in [2.24, 2.45) is 0 Å². The van der Waals surface area contributed by atoms with Crippen molar-refractivity contribution in [3.05, 3.63) is 42.2 Å². The molecule has 64 valence electrons. The van der Waals surface area contributed by atoms with Gasteiger partial charge in [0.2, 0.25) is 0 Å². The van der Waals surface area contributed by atoms with E-state index in [-0.39, 0.29) is 0 Å². The lowest BCUT2D eigenvalue weighted by Crippen LogP contribution is -1.93. The van der Waals surface area contributed by atoms with Crippen molar-refractivity contribution >= 4 is 0 Å². The number of nitrogens with zero attached hydrogens (tertiary/aromatic N) is 3. The zero-order valence-corrected chi connectivity index (χ0v) is 7.31. The predicted octanol–water partition coefficient (Wildman–Crippen LogP) is 1.85. The molecule has 0 aliphatic rings. The largest absolute Gasteiger partial charge is 0.230 e. The van der Waals surface area contributed by atoms with Crippen LogP contribution in [0.2, 0.25) is 0 Å². The van der Waals surface area contributed by atoms with Crippen LogP contribution in [-0.2, 0) is 0 Å². The normalized spacial score (nSPS) is 9.92. The fraction of sp³-hybridized carbons (Fsp3) is 0.100. The molecule has 3 heteroatoms. The molecule has 0 atom stereocenters. The van der Waals surface area contributed by atoms with E-state index >= 15 is 0 Å². The molecule has 0 radical (unpaired) electrons. The maximum atomic E-state index is 4.27. The number of hydrogen-bond donors (Lipinski definition) is 0. The minimum Gasteiger partial charge on any atom is -0.230 e. The summed E-state index contributed by atoms with van der Waals surface area (Å²) < 4.78 is 0. The highest BCUT2D eigenvalue weighted by Crippen LogP contribution is 2.11. The second kappa shape index (κ2) is 3.31. The molecule has 0 bridgehead atoms. The number of aryl methyl sites for hydroxylation is 1. The predicted molar refractivity (Wildman–Crippen MR) is 50.0 cm³/mol. The van der Waals surface area contributed by atoms with Gasteiger partial charge in [-0.3, -0.25) is 0 Å². The van der Waals surface area contributed by atoms with Gasteiger partial charge in [-0.1, -0.05) is 30.3 Å². The summed E-state index contributed by atoms with van der Waals surface area (Å²) in [6.07, 6.45) is 1.65. The Labute approximate surface area is 76.5 Å². The molecule has 0 fully saturated rings. The molecule has 2 rings (SSSR count). The molecule has 3 nitrogen and oxygen atoms in total. The van der Waals surface area contributed by atoms with Crippen molar-refractivity contribution in [3.8, 4) is 11.4 Å². The highest BCUT2D eigenvalue weighted by atomic mass is 15.1. The zero-order chi connectivity index (χ0) is 9.10. The SMILES string of the molecule is Cc1cnnc(-c2ccccc2)n1. The molecular formula is C10H9N3.